The van der Waals surface area contributed by atoms with Gasteiger partial charge in [-0.3, -0.25) is 0 Å². The van der Waals surface area contributed by atoms with E-state index in [-0.39, 0.29) is 18.8 Å². The summed E-state index contributed by atoms with van der Waals surface area (Å²) in [6.07, 6.45) is -0.797. The summed E-state index contributed by atoms with van der Waals surface area (Å²) >= 11 is 0. The first kappa shape index (κ1) is 13.6. The van der Waals surface area contributed by atoms with Crippen molar-refractivity contribution in [1.82, 2.24) is 0 Å². The number of carbonyl (C=O) groups excluding carboxylic acids is 1. The van der Waals surface area contributed by atoms with Crippen LogP contribution in [0.3, 0.4) is 0 Å². The molecule has 3 N–H and O–H groups in total. The highest BCUT2D eigenvalue weighted by atomic mass is 16.6. The number of benzene rings is 1. The van der Waals surface area contributed by atoms with Crippen LogP contribution in [0.1, 0.15) is 18.4 Å². The molecule has 2 rings (SSSR count). The van der Waals surface area contributed by atoms with E-state index in [1.807, 2.05) is 6.07 Å². The highest BCUT2D eigenvalue weighted by molar-refractivity contribution is 6.00. The predicted molar refractivity (Wildman–Crippen MR) is 68.2 cm³/mol. The standard InChI is InChI=1S/C14H16O5/c15-8-10(16)6-7-11-12(13(17)14(18)19-11)9-4-2-1-3-5-9/h1-5,10-11,15-17H,6-8H2. The van der Waals surface area contributed by atoms with Crippen molar-refractivity contribution in [2.24, 2.45) is 0 Å². The molecule has 102 valence electrons. The van der Waals surface area contributed by atoms with Gasteiger partial charge in [-0.1, -0.05) is 30.3 Å². The second-order valence-corrected chi connectivity index (χ2v) is 4.44. The monoisotopic (exact) mass is 264 g/mol. The molecule has 1 aromatic carbocycles. The fraction of sp³-hybridized carbons (Fsp3) is 0.357. The molecule has 0 radical (unpaired) electrons. The van der Waals surface area contributed by atoms with Crippen molar-refractivity contribution in [1.29, 1.82) is 0 Å². The quantitative estimate of drug-likeness (QED) is 0.691. The normalized spacial score (nSPS) is 20.5. The number of cyclic esters (lactones) is 1. The first-order valence-electron chi connectivity index (χ1n) is 6.12. The average Bonchev–Trinajstić information content (AvgIpc) is 2.72. The molecule has 0 amide bonds. The van der Waals surface area contributed by atoms with E-state index < -0.39 is 18.2 Å². The van der Waals surface area contributed by atoms with E-state index in [0.717, 1.165) is 0 Å². The minimum absolute atomic E-state index is 0.290. The maximum Gasteiger partial charge on any atom is 0.374 e. The van der Waals surface area contributed by atoms with Gasteiger partial charge in [-0.2, -0.15) is 0 Å². The molecule has 1 heterocycles. The molecular formula is C14H16O5. The van der Waals surface area contributed by atoms with Crippen molar-refractivity contribution in [2.75, 3.05) is 6.61 Å². The molecule has 0 saturated carbocycles. The lowest BCUT2D eigenvalue weighted by Gasteiger charge is -2.15. The smallest absolute Gasteiger partial charge is 0.374 e. The molecule has 0 aromatic heterocycles. The Morgan fingerprint density at radius 2 is 1.95 bits per heavy atom. The Balaban J connectivity index is 2.19. The Kier molecular flexibility index (Phi) is 4.19. The lowest BCUT2D eigenvalue weighted by Crippen LogP contribution is -2.18. The lowest BCUT2D eigenvalue weighted by atomic mass is 9.96. The number of ether oxygens (including phenoxy) is 1. The molecule has 2 atom stereocenters. The second kappa shape index (κ2) is 5.86. The summed E-state index contributed by atoms with van der Waals surface area (Å²) in [4.78, 5) is 11.4. The Morgan fingerprint density at radius 3 is 2.58 bits per heavy atom. The fourth-order valence-corrected chi connectivity index (χ4v) is 2.09. The summed E-state index contributed by atoms with van der Waals surface area (Å²) in [5.41, 5.74) is 1.16. The van der Waals surface area contributed by atoms with E-state index >= 15 is 0 Å². The minimum Gasteiger partial charge on any atom is -0.502 e. The van der Waals surface area contributed by atoms with Crippen molar-refractivity contribution in [2.45, 2.75) is 25.0 Å². The molecule has 2 unspecified atom stereocenters. The second-order valence-electron chi connectivity index (χ2n) is 4.44. The zero-order valence-electron chi connectivity index (χ0n) is 10.3. The summed E-state index contributed by atoms with van der Waals surface area (Å²) in [5, 5.41) is 27.9. The van der Waals surface area contributed by atoms with Gasteiger partial charge in [0, 0.05) is 5.57 Å². The largest absolute Gasteiger partial charge is 0.502 e. The maximum absolute atomic E-state index is 11.4. The average molecular weight is 264 g/mol. The summed E-state index contributed by atoms with van der Waals surface area (Å²) in [6.45, 7) is -0.336. The first-order valence-corrected chi connectivity index (χ1v) is 6.12. The third-order valence-corrected chi connectivity index (χ3v) is 3.08. The summed E-state index contributed by atoms with van der Waals surface area (Å²) in [6, 6.07) is 9.01. The van der Waals surface area contributed by atoms with E-state index in [0.29, 0.717) is 17.6 Å². The predicted octanol–water partition coefficient (Wildman–Crippen LogP) is 1.01. The zero-order chi connectivity index (χ0) is 13.8. The molecule has 0 saturated heterocycles. The summed E-state index contributed by atoms with van der Waals surface area (Å²) < 4.78 is 5.08. The van der Waals surface area contributed by atoms with Crippen molar-refractivity contribution in [3.8, 4) is 0 Å². The van der Waals surface area contributed by atoms with E-state index in [1.165, 1.54) is 0 Å². The molecular weight excluding hydrogens is 248 g/mol. The molecule has 0 spiro atoms. The number of rotatable bonds is 5. The van der Waals surface area contributed by atoms with Gasteiger partial charge in [0.05, 0.1) is 12.7 Å². The van der Waals surface area contributed by atoms with E-state index in [1.54, 1.807) is 24.3 Å². The van der Waals surface area contributed by atoms with Crippen LogP contribution in [0.4, 0.5) is 0 Å². The highest BCUT2D eigenvalue weighted by Crippen LogP contribution is 2.32. The van der Waals surface area contributed by atoms with Crippen molar-refractivity contribution in [3.05, 3.63) is 41.7 Å². The lowest BCUT2D eigenvalue weighted by molar-refractivity contribution is -0.142. The SMILES string of the molecule is O=C1OC(CCC(O)CO)C(c2ccccc2)=C1O. The van der Waals surface area contributed by atoms with Crippen LogP contribution >= 0.6 is 0 Å². The molecule has 5 nitrogen and oxygen atoms in total. The molecule has 0 bridgehead atoms. The van der Waals surface area contributed by atoms with Crippen LogP contribution < -0.4 is 0 Å². The van der Waals surface area contributed by atoms with Gasteiger partial charge in [0.2, 0.25) is 5.76 Å². The summed E-state index contributed by atoms with van der Waals surface area (Å²) in [7, 11) is 0. The number of esters is 1. The van der Waals surface area contributed by atoms with Gasteiger partial charge in [-0.05, 0) is 18.4 Å². The zero-order valence-corrected chi connectivity index (χ0v) is 10.3. The molecule has 1 aromatic rings. The van der Waals surface area contributed by atoms with Crippen LogP contribution in [0.25, 0.3) is 5.57 Å². The Bertz CT molecular complexity index is 480. The van der Waals surface area contributed by atoms with E-state index in [2.05, 4.69) is 0 Å². The molecule has 0 fully saturated rings. The van der Waals surface area contributed by atoms with Gasteiger partial charge in [0.1, 0.15) is 6.10 Å². The minimum atomic E-state index is -0.849. The van der Waals surface area contributed by atoms with Gasteiger partial charge in [0.25, 0.3) is 0 Å². The molecule has 5 heteroatoms. The van der Waals surface area contributed by atoms with Crippen LogP contribution in [0.2, 0.25) is 0 Å². The molecule has 19 heavy (non-hydrogen) atoms. The Hall–Kier alpha value is -1.85. The van der Waals surface area contributed by atoms with Crippen molar-refractivity contribution >= 4 is 11.5 Å². The van der Waals surface area contributed by atoms with Gasteiger partial charge >= 0.3 is 5.97 Å². The number of carbonyl (C=O) groups is 1. The number of hydrogen-bond acceptors (Lipinski definition) is 5. The van der Waals surface area contributed by atoms with Crippen LogP contribution in [-0.4, -0.2) is 40.1 Å². The number of hydrogen-bond donors (Lipinski definition) is 3. The van der Waals surface area contributed by atoms with Gasteiger partial charge in [-0.25, -0.2) is 4.79 Å². The third-order valence-electron chi connectivity index (χ3n) is 3.08. The highest BCUT2D eigenvalue weighted by Gasteiger charge is 2.34. The topological polar surface area (TPSA) is 87.0 Å². The number of aliphatic hydroxyl groups excluding tert-OH is 3. The Morgan fingerprint density at radius 1 is 1.26 bits per heavy atom. The van der Waals surface area contributed by atoms with E-state index in [4.69, 9.17) is 9.84 Å². The third kappa shape index (κ3) is 2.94. The van der Waals surface area contributed by atoms with Gasteiger partial charge in [-0.15, -0.1) is 0 Å². The van der Waals surface area contributed by atoms with Crippen LogP contribution in [0.15, 0.2) is 36.1 Å². The molecule has 1 aliphatic heterocycles. The molecule has 0 aliphatic carbocycles. The first-order chi connectivity index (χ1) is 9.13. The Labute approximate surface area is 110 Å². The van der Waals surface area contributed by atoms with Crippen molar-refractivity contribution in [3.63, 3.8) is 0 Å². The van der Waals surface area contributed by atoms with Gasteiger partial charge < -0.3 is 20.1 Å². The van der Waals surface area contributed by atoms with Gasteiger partial charge in [0.15, 0.2) is 0 Å². The number of aliphatic hydroxyl groups is 3. The van der Waals surface area contributed by atoms with Crippen LogP contribution in [-0.2, 0) is 9.53 Å². The van der Waals surface area contributed by atoms with Crippen molar-refractivity contribution < 1.29 is 24.9 Å². The van der Waals surface area contributed by atoms with E-state index in [9.17, 15) is 15.0 Å². The molecule has 1 aliphatic rings. The van der Waals surface area contributed by atoms with Crippen LogP contribution in [0.5, 0.6) is 0 Å². The fourth-order valence-electron chi connectivity index (χ4n) is 2.09. The van der Waals surface area contributed by atoms with Crippen LogP contribution in [0, 0.1) is 0 Å². The summed E-state index contributed by atoms with van der Waals surface area (Å²) in [5.74, 6) is -1.13. The maximum atomic E-state index is 11.4.